The largest absolute Gasteiger partial charge is 0.207 e. The molecule has 0 atom stereocenters. The van der Waals surface area contributed by atoms with Gasteiger partial charge in [-0.3, -0.25) is 0 Å². The lowest BCUT2D eigenvalue weighted by molar-refractivity contribution is 0.381. The van der Waals surface area contributed by atoms with E-state index in [0.717, 1.165) is 0 Å². The molecule has 0 bridgehead atoms. The minimum atomic E-state index is -2.37. The van der Waals surface area contributed by atoms with E-state index in [2.05, 4.69) is 0 Å². The van der Waals surface area contributed by atoms with Gasteiger partial charge >= 0.3 is 0 Å². The van der Waals surface area contributed by atoms with Crippen molar-refractivity contribution in [2.24, 2.45) is 0 Å². The van der Waals surface area contributed by atoms with Gasteiger partial charge in [-0.05, 0) is 18.2 Å². The zero-order chi connectivity index (χ0) is 14.3. The van der Waals surface area contributed by atoms with Gasteiger partial charge in [0.2, 0.25) is 5.82 Å². The van der Waals surface area contributed by atoms with Gasteiger partial charge in [0.1, 0.15) is 11.6 Å². The predicted octanol–water partition coefficient (Wildman–Crippen LogP) is 4.33. The van der Waals surface area contributed by atoms with Crippen LogP contribution in [0, 0.1) is 40.7 Å². The van der Waals surface area contributed by atoms with E-state index < -0.39 is 51.8 Å². The topological polar surface area (TPSA) is 0 Å². The molecule has 0 N–H and O–H groups in total. The van der Waals surface area contributed by atoms with Crippen LogP contribution in [0.2, 0.25) is 0 Å². The summed E-state index contributed by atoms with van der Waals surface area (Å²) in [6, 6.07) is 1.50. The molecule has 0 aromatic heterocycles. The first kappa shape index (κ1) is 13.4. The molecule has 19 heavy (non-hydrogen) atoms. The van der Waals surface area contributed by atoms with Gasteiger partial charge in [0.05, 0.1) is 5.56 Å². The van der Waals surface area contributed by atoms with Crippen LogP contribution in [0.3, 0.4) is 0 Å². The molecule has 2 aromatic rings. The van der Waals surface area contributed by atoms with Gasteiger partial charge in [-0.25, -0.2) is 30.7 Å². The zero-order valence-corrected chi connectivity index (χ0v) is 8.88. The number of halogens is 7. The van der Waals surface area contributed by atoms with Crippen molar-refractivity contribution in [3.05, 3.63) is 58.9 Å². The summed E-state index contributed by atoms with van der Waals surface area (Å²) >= 11 is 0. The van der Waals surface area contributed by atoms with E-state index >= 15 is 0 Å². The van der Waals surface area contributed by atoms with Crippen molar-refractivity contribution < 1.29 is 30.7 Å². The zero-order valence-electron chi connectivity index (χ0n) is 8.88. The molecule has 0 radical (unpaired) electrons. The van der Waals surface area contributed by atoms with Gasteiger partial charge in [0.25, 0.3) is 0 Å². The highest BCUT2D eigenvalue weighted by Crippen LogP contribution is 2.33. The van der Waals surface area contributed by atoms with Crippen molar-refractivity contribution in [1.82, 2.24) is 0 Å². The highest BCUT2D eigenvalue weighted by Gasteiger charge is 2.28. The van der Waals surface area contributed by atoms with E-state index in [4.69, 9.17) is 0 Å². The average Bonchev–Trinajstić information content (AvgIpc) is 2.38. The van der Waals surface area contributed by atoms with Gasteiger partial charge < -0.3 is 0 Å². The third-order valence-corrected chi connectivity index (χ3v) is 2.41. The van der Waals surface area contributed by atoms with E-state index in [-0.39, 0.29) is 0 Å². The van der Waals surface area contributed by atoms with Crippen LogP contribution in [-0.4, -0.2) is 0 Å². The highest BCUT2D eigenvalue weighted by atomic mass is 19.2. The monoisotopic (exact) mass is 280 g/mol. The van der Waals surface area contributed by atoms with Crippen molar-refractivity contribution in [1.29, 1.82) is 0 Å². The summed E-state index contributed by atoms with van der Waals surface area (Å²) in [5.41, 5.74) is -2.55. The van der Waals surface area contributed by atoms with Gasteiger partial charge in [-0.2, -0.15) is 0 Å². The Bertz CT molecular complexity index is 635. The van der Waals surface area contributed by atoms with Crippen molar-refractivity contribution in [3.8, 4) is 11.1 Å². The summed E-state index contributed by atoms with van der Waals surface area (Å²) in [5.74, 6) is -13.7. The summed E-state index contributed by atoms with van der Waals surface area (Å²) in [5, 5.41) is 0. The molecule has 7 heteroatoms. The van der Waals surface area contributed by atoms with Crippen LogP contribution in [0.4, 0.5) is 30.7 Å². The fourth-order valence-corrected chi connectivity index (χ4v) is 1.53. The summed E-state index contributed by atoms with van der Waals surface area (Å²) in [6.07, 6.45) is 0. The summed E-state index contributed by atoms with van der Waals surface area (Å²) < 4.78 is 91.7. The Morgan fingerprint density at radius 3 is 1.58 bits per heavy atom. The Morgan fingerprint density at radius 2 is 1.05 bits per heavy atom. The Hall–Kier alpha value is -2.05. The molecule has 0 aliphatic rings. The van der Waals surface area contributed by atoms with Crippen LogP contribution in [0.5, 0.6) is 0 Å². The van der Waals surface area contributed by atoms with Crippen LogP contribution < -0.4 is 0 Å². The molecule has 2 rings (SSSR count). The van der Waals surface area contributed by atoms with Crippen molar-refractivity contribution >= 4 is 0 Å². The molecule has 0 saturated carbocycles. The maximum atomic E-state index is 13.4. The molecule has 0 nitrogen and oxygen atoms in total. The number of hydrogen-bond acceptors (Lipinski definition) is 0. The standard InChI is InChI=1S/C12H3F7/c13-4-1-2-6(14)5(3-4)7-8(15)10(17)12(19)11(18)9(7)16/h1-3H. The van der Waals surface area contributed by atoms with Gasteiger partial charge in [-0.15, -0.1) is 0 Å². The average molecular weight is 280 g/mol. The minimum absolute atomic E-state index is 0.341. The number of rotatable bonds is 1. The van der Waals surface area contributed by atoms with Crippen LogP contribution in [0.15, 0.2) is 18.2 Å². The first-order chi connectivity index (χ1) is 8.84. The molecule has 0 aliphatic carbocycles. The molecule has 0 amide bonds. The second-order valence-electron chi connectivity index (χ2n) is 3.57. The quantitative estimate of drug-likeness (QED) is 0.414. The van der Waals surface area contributed by atoms with E-state index in [9.17, 15) is 30.7 Å². The van der Waals surface area contributed by atoms with Crippen LogP contribution in [0.25, 0.3) is 11.1 Å². The van der Waals surface area contributed by atoms with E-state index in [0.29, 0.717) is 18.2 Å². The van der Waals surface area contributed by atoms with E-state index in [1.165, 1.54) is 0 Å². The van der Waals surface area contributed by atoms with Gasteiger partial charge in [0.15, 0.2) is 23.3 Å². The van der Waals surface area contributed by atoms with Crippen LogP contribution in [-0.2, 0) is 0 Å². The Labute approximate surface area is 102 Å². The van der Waals surface area contributed by atoms with E-state index in [1.54, 1.807) is 0 Å². The maximum Gasteiger partial charge on any atom is 0.200 e. The second kappa shape index (κ2) is 4.56. The molecular weight excluding hydrogens is 277 g/mol. The maximum absolute atomic E-state index is 13.4. The number of hydrogen-bond donors (Lipinski definition) is 0. The molecule has 0 spiro atoms. The smallest absolute Gasteiger partial charge is 0.200 e. The molecule has 0 fully saturated rings. The Balaban J connectivity index is 2.87. The van der Waals surface area contributed by atoms with Crippen LogP contribution in [0.1, 0.15) is 0 Å². The predicted molar refractivity (Wildman–Crippen MR) is 51.6 cm³/mol. The molecular formula is C12H3F7. The van der Waals surface area contributed by atoms with Crippen molar-refractivity contribution in [2.45, 2.75) is 0 Å². The molecule has 0 saturated heterocycles. The van der Waals surface area contributed by atoms with Gasteiger partial charge in [0, 0.05) is 5.56 Å². The van der Waals surface area contributed by atoms with Crippen molar-refractivity contribution in [2.75, 3.05) is 0 Å². The lowest BCUT2D eigenvalue weighted by Gasteiger charge is -2.09. The molecule has 0 heterocycles. The minimum Gasteiger partial charge on any atom is -0.207 e. The molecule has 100 valence electrons. The lowest BCUT2D eigenvalue weighted by atomic mass is 10.0. The van der Waals surface area contributed by atoms with E-state index in [1.807, 2.05) is 0 Å². The second-order valence-corrected chi connectivity index (χ2v) is 3.57. The van der Waals surface area contributed by atoms with Crippen LogP contribution >= 0.6 is 0 Å². The SMILES string of the molecule is Fc1ccc(F)c(-c2c(F)c(F)c(F)c(F)c2F)c1. The normalized spacial score (nSPS) is 10.9. The first-order valence-electron chi connectivity index (χ1n) is 4.81. The van der Waals surface area contributed by atoms with Crippen molar-refractivity contribution in [3.63, 3.8) is 0 Å². The Morgan fingerprint density at radius 1 is 0.579 bits per heavy atom. The van der Waals surface area contributed by atoms with Gasteiger partial charge in [-0.1, -0.05) is 0 Å². The fourth-order valence-electron chi connectivity index (χ4n) is 1.53. The molecule has 0 unspecified atom stereocenters. The molecule has 2 aromatic carbocycles. The summed E-state index contributed by atoms with van der Waals surface area (Å²) in [7, 11) is 0. The number of benzene rings is 2. The molecule has 0 aliphatic heterocycles. The third-order valence-electron chi connectivity index (χ3n) is 2.41. The fraction of sp³-hybridized carbons (Fsp3) is 0. The first-order valence-corrected chi connectivity index (χ1v) is 4.81. The summed E-state index contributed by atoms with van der Waals surface area (Å²) in [4.78, 5) is 0. The Kier molecular flexibility index (Phi) is 3.21. The summed E-state index contributed by atoms with van der Waals surface area (Å²) in [6.45, 7) is 0. The highest BCUT2D eigenvalue weighted by molar-refractivity contribution is 5.66. The third kappa shape index (κ3) is 2.05. The lowest BCUT2D eigenvalue weighted by Crippen LogP contribution is -2.05.